The van der Waals surface area contributed by atoms with Crippen LogP contribution in [-0.4, -0.2) is 68.0 Å². The maximum atomic E-state index is 12.7. The van der Waals surface area contributed by atoms with Crippen molar-refractivity contribution in [2.75, 3.05) is 26.2 Å². The van der Waals surface area contributed by atoms with Gasteiger partial charge < -0.3 is 9.80 Å². The number of nitrogens with one attached hydrogen (secondary N) is 1. The summed E-state index contributed by atoms with van der Waals surface area (Å²) in [6.45, 7) is 5.91. The Morgan fingerprint density at radius 2 is 1.93 bits per heavy atom. The Hall–Kier alpha value is -2.81. The fourth-order valence-electron chi connectivity index (χ4n) is 3.25. The van der Waals surface area contributed by atoms with Crippen molar-refractivity contribution in [3.05, 3.63) is 40.3 Å². The number of H-pyrrole nitrogens is 1. The molecule has 1 aliphatic rings. The molecule has 9 heteroatoms. The third-order valence-electron chi connectivity index (χ3n) is 4.88. The highest BCUT2D eigenvalue weighted by atomic mass is 32.1. The summed E-state index contributed by atoms with van der Waals surface area (Å²) >= 11 is 1.31. The normalized spacial score (nSPS) is 14.7. The predicted octanol–water partition coefficient (Wildman–Crippen LogP) is 1.56. The first-order chi connectivity index (χ1) is 13.0. The summed E-state index contributed by atoms with van der Waals surface area (Å²) < 4.78 is 0. The number of aromatic nitrogens is 4. The lowest BCUT2D eigenvalue weighted by Crippen LogP contribution is -2.51. The molecule has 2 amide bonds. The van der Waals surface area contributed by atoms with Gasteiger partial charge in [0.2, 0.25) is 5.91 Å². The fraction of sp³-hybridized carbons (Fsp3) is 0.389. The van der Waals surface area contributed by atoms with Crippen LogP contribution in [0.2, 0.25) is 0 Å². The number of carbonyl (C=O) groups is 2. The van der Waals surface area contributed by atoms with Crippen LogP contribution in [0.1, 0.15) is 26.8 Å². The van der Waals surface area contributed by atoms with Gasteiger partial charge in [0, 0.05) is 43.6 Å². The van der Waals surface area contributed by atoms with Gasteiger partial charge in [-0.2, -0.15) is 5.10 Å². The summed E-state index contributed by atoms with van der Waals surface area (Å²) in [4.78, 5) is 38.3. The number of piperazine rings is 1. The van der Waals surface area contributed by atoms with Gasteiger partial charge in [0.05, 0.1) is 12.1 Å². The summed E-state index contributed by atoms with van der Waals surface area (Å²) in [6, 6.07) is 3.66. The standard InChI is InChI=1S/C18H20N6O2S/c1-11-13(12(2)22-21-11)10-15(25)23-6-8-24(9-7-23)18(26)17-20-14-4-3-5-19-16(14)27-17/h3-5H,6-10H2,1-2H3,(H,21,22). The molecule has 0 aromatic carbocycles. The highest BCUT2D eigenvalue weighted by Gasteiger charge is 2.27. The maximum Gasteiger partial charge on any atom is 0.283 e. The first-order valence-corrected chi connectivity index (χ1v) is 9.63. The summed E-state index contributed by atoms with van der Waals surface area (Å²) in [5.41, 5.74) is 3.49. The Bertz CT molecular complexity index is 950. The van der Waals surface area contributed by atoms with Crippen LogP contribution >= 0.6 is 11.3 Å². The quantitative estimate of drug-likeness (QED) is 0.739. The summed E-state index contributed by atoms with van der Waals surface area (Å²) in [5, 5.41) is 7.51. The molecule has 1 N–H and O–H groups in total. The first-order valence-electron chi connectivity index (χ1n) is 8.82. The van der Waals surface area contributed by atoms with E-state index in [1.54, 1.807) is 11.1 Å². The molecule has 1 saturated heterocycles. The highest BCUT2D eigenvalue weighted by Crippen LogP contribution is 2.21. The van der Waals surface area contributed by atoms with Crippen molar-refractivity contribution in [3.8, 4) is 0 Å². The Labute approximate surface area is 160 Å². The SMILES string of the molecule is Cc1n[nH]c(C)c1CC(=O)N1CCN(C(=O)c2nc3cccnc3s2)CC1. The van der Waals surface area contributed by atoms with E-state index in [9.17, 15) is 9.59 Å². The van der Waals surface area contributed by atoms with E-state index in [1.807, 2.05) is 30.9 Å². The van der Waals surface area contributed by atoms with E-state index in [4.69, 9.17) is 0 Å². The highest BCUT2D eigenvalue weighted by molar-refractivity contribution is 7.19. The second-order valence-electron chi connectivity index (χ2n) is 6.61. The molecular weight excluding hydrogens is 364 g/mol. The molecule has 0 saturated carbocycles. The van der Waals surface area contributed by atoms with Gasteiger partial charge in [-0.15, -0.1) is 0 Å². The van der Waals surface area contributed by atoms with Gasteiger partial charge in [-0.3, -0.25) is 14.7 Å². The predicted molar refractivity (Wildman–Crippen MR) is 102 cm³/mol. The number of hydrogen-bond acceptors (Lipinski definition) is 6. The average molecular weight is 384 g/mol. The van der Waals surface area contributed by atoms with Crippen molar-refractivity contribution in [1.82, 2.24) is 30.0 Å². The Morgan fingerprint density at radius 1 is 1.19 bits per heavy atom. The number of amides is 2. The minimum atomic E-state index is -0.0911. The second-order valence-corrected chi connectivity index (χ2v) is 7.59. The van der Waals surface area contributed by atoms with Gasteiger partial charge in [-0.1, -0.05) is 11.3 Å². The zero-order valence-electron chi connectivity index (χ0n) is 15.2. The molecule has 140 valence electrons. The van der Waals surface area contributed by atoms with Crippen LogP contribution in [0.15, 0.2) is 18.3 Å². The number of nitrogens with zero attached hydrogens (tertiary/aromatic N) is 5. The zero-order chi connectivity index (χ0) is 19.0. The average Bonchev–Trinajstić information content (AvgIpc) is 3.26. The third-order valence-corrected chi connectivity index (χ3v) is 5.84. The smallest absolute Gasteiger partial charge is 0.283 e. The first kappa shape index (κ1) is 17.6. The zero-order valence-corrected chi connectivity index (χ0v) is 16.0. The van der Waals surface area contributed by atoms with E-state index in [1.165, 1.54) is 11.3 Å². The second kappa shape index (κ2) is 7.07. The van der Waals surface area contributed by atoms with Gasteiger partial charge in [-0.05, 0) is 26.0 Å². The van der Waals surface area contributed by atoms with Gasteiger partial charge in [0.25, 0.3) is 5.91 Å². The van der Waals surface area contributed by atoms with Crippen molar-refractivity contribution in [3.63, 3.8) is 0 Å². The molecule has 0 bridgehead atoms. The number of rotatable bonds is 3. The van der Waals surface area contributed by atoms with E-state index in [-0.39, 0.29) is 11.8 Å². The minimum Gasteiger partial charge on any atom is -0.339 e. The molecule has 8 nitrogen and oxygen atoms in total. The number of pyridine rings is 1. The van der Waals surface area contributed by atoms with Crippen LogP contribution in [0.5, 0.6) is 0 Å². The number of aromatic amines is 1. The third kappa shape index (κ3) is 3.42. The molecule has 27 heavy (non-hydrogen) atoms. The Balaban J connectivity index is 1.38. The van der Waals surface area contributed by atoms with Crippen LogP contribution in [-0.2, 0) is 11.2 Å². The Kier molecular flexibility index (Phi) is 4.61. The molecule has 0 atom stereocenters. The van der Waals surface area contributed by atoms with Crippen LogP contribution in [0.4, 0.5) is 0 Å². The van der Waals surface area contributed by atoms with Crippen LogP contribution < -0.4 is 0 Å². The number of fused-ring (bicyclic) bond motifs is 1. The van der Waals surface area contributed by atoms with Gasteiger partial charge in [0.15, 0.2) is 5.01 Å². The van der Waals surface area contributed by atoms with Gasteiger partial charge >= 0.3 is 0 Å². The molecule has 4 rings (SSSR count). The van der Waals surface area contributed by atoms with Crippen LogP contribution in [0, 0.1) is 13.8 Å². The van der Waals surface area contributed by atoms with Crippen molar-refractivity contribution in [2.45, 2.75) is 20.3 Å². The monoisotopic (exact) mass is 384 g/mol. The van der Waals surface area contributed by atoms with Crippen molar-refractivity contribution in [1.29, 1.82) is 0 Å². The Morgan fingerprint density at radius 3 is 2.59 bits per heavy atom. The number of aryl methyl sites for hydroxylation is 2. The molecule has 0 spiro atoms. The summed E-state index contributed by atoms with van der Waals surface area (Å²) in [7, 11) is 0. The number of thiazole rings is 1. The van der Waals surface area contributed by atoms with Gasteiger partial charge in [0.1, 0.15) is 10.3 Å². The molecule has 0 unspecified atom stereocenters. The molecule has 1 fully saturated rings. The molecule has 4 heterocycles. The summed E-state index contributed by atoms with van der Waals surface area (Å²) in [5.74, 6) is -0.0227. The van der Waals surface area contributed by atoms with Gasteiger partial charge in [-0.25, -0.2) is 9.97 Å². The largest absolute Gasteiger partial charge is 0.339 e. The lowest BCUT2D eigenvalue weighted by Gasteiger charge is -2.34. The number of hydrogen-bond donors (Lipinski definition) is 1. The molecule has 3 aromatic rings. The van der Waals surface area contributed by atoms with E-state index in [2.05, 4.69) is 20.2 Å². The van der Waals surface area contributed by atoms with E-state index in [0.29, 0.717) is 37.6 Å². The van der Waals surface area contributed by atoms with Crippen LogP contribution in [0.25, 0.3) is 10.3 Å². The summed E-state index contributed by atoms with van der Waals surface area (Å²) in [6.07, 6.45) is 2.04. The molecule has 1 aliphatic heterocycles. The fourth-order valence-corrected chi connectivity index (χ4v) is 4.13. The maximum absolute atomic E-state index is 12.7. The lowest BCUT2D eigenvalue weighted by atomic mass is 10.1. The molecule has 3 aromatic heterocycles. The van der Waals surface area contributed by atoms with E-state index >= 15 is 0 Å². The van der Waals surface area contributed by atoms with E-state index < -0.39 is 0 Å². The van der Waals surface area contributed by atoms with Crippen molar-refractivity contribution < 1.29 is 9.59 Å². The lowest BCUT2D eigenvalue weighted by molar-refractivity contribution is -0.131. The van der Waals surface area contributed by atoms with Crippen molar-refractivity contribution >= 4 is 33.5 Å². The van der Waals surface area contributed by atoms with Crippen LogP contribution in [0.3, 0.4) is 0 Å². The minimum absolute atomic E-state index is 0.0684. The number of carbonyl (C=O) groups excluding carboxylic acids is 2. The topological polar surface area (TPSA) is 95.1 Å². The molecular formula is C18H20N6O2S. The van der Waals surface area contributed by atoms with E-state index in [0.717, 1.165) is 27.3 Å². The molecule has 0 radical (unpaired) electrons. The molecule has 0 aliphatic carbocycles. The van der Waals surface area contributed by atoms with Crippen molar-refractivity contribution in [2.24, 2.45) is 0 Å².